The maximum Gasteiger partial charge on any atom is 0.343 e. The molecule has 0 aliphatic heterocycles. The van der Waals surface area contributed by atoms with E-state index in [2.05, 4.69) is 0 Å². The predicted molar refractivity (Wildman–Crippen MR) is 94.4 cm³/mol. The van der Waals surface area contributed by atoms with Gasteiger partial charge >= 0.3 is 5.63 Å². The van der Waals surface area contributed by atoms with Crippen LogP contribution < -0.4 is 5.63 Å². The lowest BCUT2D eigenvalue weighted by Crippen LogP contribution is -2.16. The van der Waals surface area contributed by atoms with Gasteiger partial charge < -0.3 is 9.52 Å². The number of nitro groups is 1. The van der Waals surface area contributed by atoms with Gasteiger partial charge in [0, 0.05) is 24.5 Å². The Hall–Kier alpha value is -3.48. The summed E-state index contributed by atoms with van der Waals surface area (Å²) < 4.78 is 5.27. The Bertz CT molecular complexity index is 1070. The third kappa shape index (κ3) is 3.19. The summed E-state index contributed by atoms with van der Waals surface area (Å²) in [6.45, 7) is 1.35. The summed E-state index contributed by atoms with van der Waals surface area (Å²) in [6.07, 6.45) is -0.0994. The molecular weight excluding hydrogens is 338 g/mol. The smallest absolute Gasteiger partial charge is 0.343 e. The second kappa shape index (κ2) is 6.79. The first-order valence-electron chi connectivity index (χ1n) is 7.87. The zero-order valence-corrected chi connectivity index (χ0v) is 13.8. The number of carbonyl (C=O) groups is 1. The molecule has 0 fully saturated rings. The number of Topliss-reactive ketones (excluding diaryl/α,β-unsaturated/α-hetero) is 1. The largest absolute Gasteiger partial charge is 0.507 e. The van der Waals surface area contributed by atoms with Gasteiger partial charge in [0.2, 0.25) is 0 Å². The van der Waals surface area contributed by atoms with Gasteiger partial charge in [-0.3, -0.25) is 14.9 Å². The van der Waals surface area contributed by atoms with Gasteiger partial charge in [0.15, 0.2) is 0 Å². The first kappa shape index (κ1) is 17.3. The minimum Gasteiger partial charge on any atom is -0.507 e. The molecule has 2 aromatic carbocycles. The van der Waals surface area contributed by atoms with Crippen LogP contribution in [-0.4, -0.2) is 15.8 Å². The number of benzene rings is 2. The van der Waals surface area contributed by atoms with E-state index in [-0.39, 0.29) is 34.8 Å². The maximum absolute atomic E-state index is 12.5. The van der Waals surface area contributed by atoms with E-state index >= 15 is 0 Å². The van der Waals surface area contributed by atoms with Crippen molar-refractivity contribution in [2.75, 3.05) is 0 Å². The lowest BCUT2D eigenvalue weighted by molar-refractivity contribution is -0.384. The molecule has 1 unspecified atom stereocenters. The first-order valence-corrected chi connectivity index (χ1v) is 7.87. The Morgan fingerprint density at radius 3 is 2.65 bits per heavy atom. The first-order chi connectivity index (χ1) is 12.4. The number of hydrogen-bond donors (Lipinski definition) is 1. The minimum atomic E-state index is -0.853. The van der Waals surface area contributed by atoms with Crippen molar-refractivity contribution in [2.24, 2.45) is 0 Å². The Balaban J connectivity index is 2.26. The Morgan fingerprint density at radius 1 is 1.23 bits per heavy atom. The van der Waals surface area contributed by atoms with Crippen LogP contribution in [0.15, 0.2) is 57.7 Å². The molecule has 132 valence electrons. The molecule has 7 heteroatoms. The van der Waals surface area contributed by atoms with Gasteiger partial charge in [-0.15, -0.1) is 0 Å². The number of non-ortho nitro benzene ring substituents is 1. The lowest BCUT2D eigenvalue weighted by Gasteiger charge is -2.17. The van der Waals surface area contributed by atoms with E-state index in [1.165, 1.54) is 25.1 Å². The number of nitro benzene ring substituents is 1. The minimum absolute atomic E-state index is 0.0839. The van der Waals surface area contributed by atoms with Gasteiger partial charge in [-0.2, -0.15) is 0 Å². The second-order valence-electron chi connectivity index (χ2n) is 5.96. The number of carbonyl (C=O) groups excluding carboxylic acids is 1. The Labute approximate surface area is 147 Å². The summed E-state index contributed by atoms with van der Waals surface area (Å²) in [7, 11) is 0. The summed E-state index contributed by atoms with van der Waals surface area (Å²) in [5.74, 6) is -1.36. The van der Waals surface area contributed by atoms with Gasteiger partial charge in [-0.25, -0.2) is 4.79 Å². The summed E-state index contributed by atoms with van der Waals surface area (Å²) in [5.41, 5.74) is -0.425. The van der Waals surface area contributed by atoms with Crippen LogP contribution in [0.1, 0.15) is 30.4 Å². The standard InChI is InChI=1S/C19H15NO6/c1-11(21)9-15(12-5-4-6-13(10-12)20(24)25)17-18(22)14-7-2-3-8-16(14)26-19(17)23/h2-8,10,15,22H,9H2,1H3. The molecule has 0 radical (unpaired) electrons. The molecule has 1 N–H and O–H groups in total. The van der Waals surface area contributed by atoms with E-state index in [1.54, 1.807) is 30.3 Å². The average Bonchev–Trinajstić information content (AvgIpc) is 2.60. The van der Waals surface area contributed by atoms with Crippen LogP contribution in [0.25, 0.3) is 11.0 Å². The van der Waals surface area contributed by atoms with Crippen molar-refractivity contribution in [3.63, 3.8) is 0 Å². The van der Waals surface area contributed by atoms with Crippen molar-refractivity contribution in [2.45, 2.75) is 19.3 Å². The summed E-state index contributed by atoms with van der Waals surface area (Å²) >= 11 is 0. The van der Waals surface area contributed by atoms with Crippen molar-refractivity contribution in [1.29, 1.82) is 0 Å². The number of rotatable bonds is 5. The third-order valence-corrected chi connectivity index (χ3v) is 4.14. The molecule has 0 saturated heterocycles. The zero-order chi connectivity index (χ0) is 18.8. The molecule has 1 aromatic heterocycles. The molecule has 0 saturated carbocycles. The number of ketones is 1. The number of hydrogen-bond acceptors (Lipinski definition) is 6. The number of nitrogens with zero attached hydrogens (tertiary/aromatic N) is 1. The van der Waals surface area contributed by atoms with Crippen molar-refractivity contribution < 1.29 is 19.2 Å². The molecule has 0 aliphatic carbocycles. The fourth-order valence-electron chi connectivity index (χ4n) is 2.98. The van der Waals surface area contributed by atoms with E-state index in [0.29, 0.717) is 10.9 Å². The molecular formula is C19H15NO6. The molecule has 3 rings (SSSR count). The van der Waals surface area contributed by atoms with Crippen LogP contribution in [0.4, 0.5) is 5.69 Å². The molecule has 1 heterocycles. The monoisotopic (exact) mass is 353 g/mol. The highest BCUT2D eigenvalue weighted by Gasteiger charge is 2.27. The molecule has 3 aromatic rings. The van der Waals surface area contributed by atoms with Gasteiger partial charge in [-0.1, -0.05) is 24.3 Å². The maximum atomic E-state index is 12.5. The van der Waals surface area contributed by atoms with Crippen LogP contribution >= 0.6 is 0 Å². The van der Waals surface area contributed by atoms with Crippen molar-refractivity contribution >= 4 is 22.4 Å². The van der Waals surface area contributed by atoms with Crippen LogP contribution in [0.5, 0.6) is 5.75 Å². The van der Waals surface area contributed by atoms with Gasteiger partial charge in [0.1, 0.15) is 17.1 Å². The van der Waals surface area contributed by atoms with Crippen molar-refractivity contribution in [3.05, 3.63) is 80.2 Å². The van der Waals surface area contributed by atoms with Crippen LogP contribution in [0, 0.1) is 10.1 Å². The van der Waals surface area contributed by atoms with E-state index in [4.69, 9.17) is 4.42 Å². The molecule has 0 amide bonds. The lowest BCUT2D eigenvalue weighted by atomic mass is 9.87. The third-order valence-electron chi connectivity index (χ3n) is 4.14. The van der Waals surface area contributed by atoms with Gasteiger partial charge in [-0.05, 0) is 24.6 Å². The molecule has 0 spiro atoms. The van der Waals surface area contributed by atoms with Gasteiger partial charge in [0.05, 0.1) is 15.9 Å². The molecule has 1 atom stereocenters. The average molecular weight is 353 g/mol. The summed E-state index contributed by atoms with van der Waals surface area (Å²) in [4.78, 5) is 34.7. The fourth-order valence-corrected chi connectivity index (χ4v) is 2.98. The zero-order valence-electron chi connectivity index (χ0n) is 13.8. The van der Waals surface area contributed by atoms with E-state index < -0.39 is 16.5 Å². The number of para-hydroxylation sites is 1. The second-order valence-corrected chi connectivity index (χ2v) is 5.96. The molecule has 0 aliphatic rings. The molecule has 26 heavy (non-hydrogen) atoms. The molecule has 7 nitrogen and oxygen atoms in total. The highest BCUT2D eigenvalue weighted by molar-refractivity contribution is 5.85. The highest BCUT2D eigenvalue weighted by atomic mass is 16.6. The summed E-state index contributed by atoms with van der Waals surface area (Å²) in [6, 6.07) is 12.1. The fraction of sp³-hybridized carbons (Fsp3) is 0.158. The van der Waals surface area contributed by atoms with Gasteiger partial charge in [0.25, 0.3) is 5.69 Å². The van der Waals surface area contributed by atoms with E-state index in [0.717, 1.165) is 0 Å². The van der Waals surface area contributed by atoms with Crippen LogP contribution in [0.2, 0.25) is 0 Å². The van der Waals surface area contributed by atoms with Crippen LogP contribution in [0.3, 0.4) is 0 Å². The highest BCUT2D eigenvalue weighted by Crippen LogP contribution is 2.36. The van der Waals surface area contributed by atoms with Crippen molar-refractivity contribution in [3.8, 4) is 5.75 Å². The van der Waals surface area contributed by atoms with Crippen LogP contribution in [-0.2, 0) is 4.79 Å². The quantitative estimate of drug-likeness (QED) is 0.427. The SMILES string of the molecule is CC(=O)CC(c1cccc([N+](=O)[O-])c1)c1c(O)c2ccccc2oc1=O. The predicted octanol–water partition coefficient (Wildman–Crippen LogP) is 3.52. The Morgan fingerprint density at radius 2 is 1.96 bits per heavy atom. The van der Waals surface area contributed by atoms with Crippen molar-refractivity contribution in [1.82, 2.24) is 0 Å². The summed E-state index contributed by atoms with van der Waals surface area (Å²) in [5, 5.41) is 22.0. The number of fused-ring (bicyclic) bond motifs is 1. The topological polar surface area (TPSA) is 111 Å². The Kier molecular flexibility index (Phi) is 4.53. The normalized spacial score (nSPS) is 12.0. The molecule has 0 bridgehead atoms. The van der Waals surface area contributed by atoms with E-state index in [9.17, 15) is 24.8 Å². The van der Waals surface area contributed by atoms with E-state index in [1.807, 2.05) is 0 Å². The number of aromatic hydroxyl groups is 1.